The first kappa shape index (κ1) is 11.5. The Hall–Kier alpha value is -1.02. The van der Waals surface area contributed by atoms with Crippen LogP contribution < -0.4 is 10.6 Å². The van der Waals surface area contributed by atoms with Crippen molar-refractivity contribution in [1.82, 2.24) is 5.32 Å². The fraction of sp³-hybridized carbons (Fsp3) is 0.571. The molecule has 0 amide bonds. The Balaban J connectivity index is 1.45. The van der Waals surface area contributed by atoms with Crippen molar-refractivity contribution < 1.29 is 0 Å². The standard InChI is InChI=1S/C14H22N2/c1-2-7-14(8-3-1)16-12-11-15-10-9-13-5-4-6-13/h1-3,7-8,13,15-16H,4-6,9-12H2. The summed E-state index contributed by atoms with van der Waals surface area (Å²) >= 11 is 0. The van der Waals surface area contributed by atoms with Crippen LogP contribution in [0.4, 0.5) is 5.69 Å². The predicted molar refractivity (Wildman–Crippen MR) is 69.8 cm³/mol. The van der Waals surface area contributed by atoms with Gasteiger partial charge in [-0.25, -0.2) is 0 Å². The molecule has 2 rings (SSSR count). The zero-order valence-electron chi connectivity index (χ0n) is 9.91. The summed E-state index contributed by atoms with van der Waals surface area (Å²) in [6, 6.07) is 10.4. The molecular formula is C14H22N2. The highest BCUT2D eigenvalue weighted by Crippen LogP contribution is 2.28. The van der Waals surface area contributed by atoms with E-state index in [1.807, 2.05) is 6.07 Å². The molecule has 1 saturated carbocycles. The fourth-order valence-electron chi connectivity index (χ4n) is 2.06. The van der Waals surface area contributed by atoms with Crippen LogP contribution in [0.1, 0.15) is 25.7 Å². The molecule has 2 nitrogen and oxygen atoms in total. The van der Waals surface area contributed by atoms with Crippen LogP contribution in [0.25, 0.3) is 0 Å². The minimum atomic E-state index is 1.01. The van der Waals surface area contributed by atoms with E-state index in [0.717, 1.165) is 19.0 Å². The highest BCUT2D eigenvalue weighted by atomic mass is 14.9. The Kier molecular flexibility index (Phi) is 4.69. The molecule has 1 aliphatic carbocycles. The van der Waals surface area contributed by atoms with Gasteiger partial charge >= 0.3 is 0 Å². The number of benzene rings is 1. The third-order valence-corrected chi connectivity index (χ3v) is 3.36. The SMILES string of the molecule is c1ccc(NCCNCCC2CCC2)cc1. The summed E-state index contributed by atoms with van der Waals surface area (Å²) in [4.78, 5) is 0. The van der Waals surface area contributed by atoms with Gasteiger partial charge in [-0.05, 0) is 31.0 Å². The number of rotatable bonds is 7. The summed E-state index contributed by atoms with van der Waals surface area (Å²) in [6.07, 6.45) is 5.75. The van der Waals surface area contributed by atoms with Gasteiger partial charge < -0.3 is 10.6 Å². The quantitative estimate of drug-likeness (QED) is 0.688. The van der Waals surface area contributed by atoms with Crippen LogP contribution in [0, 0.1) is 5.92 Å². The second-order valence-electron chi connectivity index (χ2n) is 4.63. The zero-order valence-corrected chi connectivity index (χ0v) is 9.91. The van der Waals surface area contributed by atoms with Crippen LogP contribution in [0.15, 0.2) is 30.3 Å². The monoisotopic (exact) mass is 218 g/mol. The molecule has 16 heavy (non-hydrogen) atoms. The van der Waals surface area contributed by atoms with E-state index < -0.39 is 0 Å². The summed E-state index contributed by atoms with van der Waals surface area (Å²) in [5.74, 6) is 1.02. The van der Waals surface area contributed by atoms with E-state index in [4.69, 9.17) is 0 Å². The lowest BCUT2D eigenvalue weighted by atomic mass is 9.83. The fourth-order valence-corrected chi connectivity index (χ4v) is 2.06. The number of nitrogens with one attached hydrogen (secondary N) is 2. The van der Waals surface area contributed by atoms with Gasteiger partial charge in [-0.2, -0.15) is 0 Å². The molecule has 1 fully saturated rings. The number of hydrogen-bond acceptors (Lipinski definition) is 2. The van der Waals surface area contributed by atoms with Crippen molar-refractivity contribution in [1.29, 1.82) is 0 Å². The van der Waals surface area contributed by atoms with E-state index in [-0.39, 0.29) is 0 Å². The van der Waals surface area contributed by atoms with Gasteiger partial charge in [0.2, 0.25) is 0 Å². The van der Waals surface area contributed by atoms with Crippen LogP contribution in [0.5, 0.6) is 0 Å². The predicted octanol–water partition coefficient (Wildman–Crippen LogP) is 2.88. The van der Waals surface area contributed by atoms with Crippen LogP contribution in [-0.4, -0.2) is 19.6 Å². The third kappa shape index (κ3) is 3.86. The van der Waals surface area contributed by atoms with E-state index in [2.05, 4.69) is 34.9 Å². The second kappa shape index (κ2) is 6.54. The maximum Gasteiger partial charge on any atom is 0.0340 e. The van der Waals surface area contributed by atoms with E-state index in [1.165, 1.54) is 37.9 Å². The maximum absolute atomic E-state index is 3.49. The van der Waals surface area contributed by atoms with Crippen molar-refractivity contribution in [3.8, 4) is 0 Å². The van der Waals surface area contributed by atoms with Crippen LogP contribution >= 0.6 is 0 Å². The van der Waals surface area contributed by atoms with Gasteiger partial charge in [0, 0.05) is 18.8 Å². The highest BCUT2D eigenvalue weighted by molar-refractivity contribution is 5.42. The second-order valence-corrected chi connectivity index (χ2v) is 4.63. The Morgan fingerprint density at radius 2 is 1.81 bits per heavy atom. The molecule has 0 aliphatic heterocycles. The van der Waals surface area contributed by atoms with Gasteiger partial charge in [0.1, 0.15) is 0 Å². The van der Waals surface area contributed by atoms with Gasteiger partial charge in [0.15, 0.2) is 0 Å². The Labute approximate surface area is 98.4 Å². The first-order chi connectivity index (χ1) is 7.95. The Morgan fingerprint density at radius 3 is 2.50 bits per heavy atom. The lowest BCUT2D eigenvalue weighted by molar-refractivity contribution is 0.293. The normalized spacial score (nSPS) is 15.8. The average Bonchev–Trinajstić information content (AvgIpc) is 2.27. The summed E-state index contributed by atoms with van der Waals surface area (Å²) in [7, 11) is 0. The van der Waals surface area contributed by atoms with Crippen LogP contribution in [-0.2, 0) is 0 Å². The van der Waals surface area contributed by atoms with Crippen LogP contribution in [0.3, 0.4) is 0 Å². The molecule has 0 saturated heterocycles. The molecule has 2 heteroatoms. The largest absolute Gasteiger partial charge is 0.384 e. The Bertz CT molecular complexity index is 280. The highest BCUT2D eigenvalue weighted by Gasteiger charge is 2.15. The number of para-hydroxylation sites is 1. The number of hydrogen-bond donors (Lipinski definition) is 2. The van der Waals surface area contributed by atoms with E-state index in [0.29, 0.717) is 0 Å². The first-order valence-corrected chi connectivity index (χ1v) is 6.45. The van der Waals surface area contributed by atoms with Gasteiger partial charge in [0.05, 0.1) is 0 Å². The van der Waals surface area contributed by atoms with Crippen molar-refractivity contribution in [2.75, 3.05) is 25.0 Å². The number of anilines is 1. The van der Waals surface area contributed by atoms with Gasteiger partial charge in [-0.1, -0.05) is 37.5 Å². The summed E-state index contributed by atoms with van der Waals surface area (Å²) < 4.78 is 0. The van der Waals surface area contributed by atoms with Crippen LogP contribution in [0.2, 0.25) is 0 Å². The van der Waals surface area contributed by atoms with Gasteiger partial charge in [-0.3, -0.25) is 0 Å². The maximum atomic E-state index is 3.49. The van der Waals surface area contributed by atoms with Gasteiger partial charge in [0.25, 0.3) is 0 Å². The molecule has 0 bridgehead atoms. The van der Waals surface area contributed by atoms with Crippen molar-refractivity contribution in [2.45, 2.75) is 25.7 Å². The summed E-state index contributed by atoms with van der Waals surface area (Å²) in [6.45, 7) is 3.25. The zero-order chi connectivity index (χ0) is 11.1. The molecule has 0 unspecified atom stereocenters. The molecule has 1 aliphatic rings. The van der Waals surface area contributed by atoms with Gasteiger partial charge in [-0.15, -0.1) is 0 Å². The molecule has 2 N–H and O–H groups in total. The first-order valence-electron chi connectivity index (χ1n) is 6.45. The molecule has 0 aromatic heterocycles. The molecule has 1 aromatic carbocycles. The van der Waals surface area contributed by atoms with Crippen molar-refractivity contribution in [3.05, 3.63) is 30.3 Å². The minimum absolute atomic E-state index is 1.01. The van der Waals surface area contributed by atoms with Crippen molar-refractivity contribution in [3.63, 3.8) is 0 Å². The Morgan fingerprint density at radius 1 is 1.00 bits per heavy atom. The van der Waals surface area contributed by atoms with Crippen molar-refractivity contribution >= 4 is 5.69 Å². The smallest absolute Gasteiger partial charge is 0.0340 e. The lowest BCUT2D eigenvalue weighted by Gasteiger charge is -2.25. The molecule has 0 atom stereocenters. The molecule has 88 valence electrons. The molecular weight excluding hydrogens is 196 g/mol. The lowest BCUT2D eigenvalue weighted by Crippen LogP contribution is -2.26. The third-order valence-electron chi connectivity index (χ3n) is 3.36. The summed E-state index contributed by atoms with van der Waals surface area (Å²) in [5.41, 5.74) is 1.21. The summed E-state index contributed by atoms with van der Waals surface area (Å²) in [5, 5.41) is 6.89. The van der Waals surface area contributed by atoms with E-state index >= 15 is 0 Å². The van der Waals surface area contributed by atoms with Crippen molar-refractivity contribution in [2.24, 2.45) is 5.92 Å². The van der Waals surface area contributed by atoms with E-state index in [1.54, 1.807) is 0 Å². The average molecular weight is 218 g/mol. The molecule has 1 aromatic rings. The topological polar surface area (TPSA) is 24.1 Å². The minimum Gasteiger partial charge on any atom is -0.384 e. The molecule has 0 radical (unpaired) electrons. The van der Waals surface area contributed by atoms with E-state index in [9.17, 15) is 0 Å². The molecule has 0 heterocycles. The molecule has 0 spiro atoms.